The van der Waals surface area contributed by atoms with Gasteiger partial charge in [-0.05, 0) is 78.8 Å². The summed E-state index contributed by atoms with van der Waals surface area (Å²) in [6, 6.07) is 41.5. The summed E-state index contributed by atoms with van der Waals surface area (Å²) in [7, 11) is 0. The molecule has 0 radical (unpaired) electrons. The third-order valence-corrected chi connectivity index (χ3v) is 8.21. The van der Waals surface area contributed by atoms with Gasteiger partial charge in [0.1, 0.15) is 11.2 Å². The number of hydrogen-bond donors (Lipinski definition) is 0. The highest BCUT2D eigenvalue weighted by Crippen LogP contribution is 2.47. The number of fused-ring (bicyclic) bond motifs is 6. The van der Waals surface area contributed by atoms with Crippen molar-refractivity contribution in [2.75, 3.05) is 0 Å². The number of benzene rings is 6. The van der Waals surface area contributed by atoms with Gasteiger partial charge in [-0.1, -0.05) is 91.0 Å². The Kier molecular flexibility index (Phi) is 4.16. The fourth-order valence-electron chi connectivity index (χ4n) is 5.82. The van der Waals surface area contributed by atoms with Gasteiger partial charge in [0.05, 0.1) is 0 Å². The number of furan rings is 1. The standard InChI is InChI=1S/C34H20OS/c1-2-9-21(10-3-1)32-23-11-4-6-13-25(23)33(26-14-7-5-12-24(26)32)27-15-8-16-29-34(27)28-20-31-22(17-18-36-31)19-30(28)35-29/h1-20H. The zero-order valence-corrected chi connectivity index (χ0v) is 20.2. The Morgan fingerprint density at radius 1 is 0.500 bits per heavy atom. The van der Waals surface area contributed by atoms with Gasteiger partial charge in [0.25, 0.3) is 0 Å². The lowest BCUT2D eigenvalue weighted by Crippen LogP contribution is -1.91. The zero-order valence-electron chi connectivity index (χ0n) is 19.4. The molecule has 6 aromatic carbocycles. The highest BCUT2D eigenvalue weighted by atomic mass is 32.1. The van der Waals surface area contributed by atoms with Crippen molar-refractivity contribution in [2.45, 2.75) is 0 Å². The van der Waals surface area contributed by atoms with Crippen molar-refractivity contribution in [1.29, 1.82) is 0 Å². The second-order valence-corrected chi connectivity index (χ2v) is 10.2. The number of rotatable bonds is 2. The molecule has 0 aliphatic rings. The third kappa shape index (κ3) is 2.76. The molecule has 0 saturated carbocycles. The van der Waals surface area contributed by atoms with Crippen molar-refractivity contribution < 1.29 is 4.42 Å². The average molecular weight is 477 g/mol. The molecule has 0 saturated heterocycles. The molecule has 168 valence electrons. The molecule has 2 aromatic heterocycles. The highest BCUT2D eigenvalue weighted by molar-refractivity contribution is 7.17. The van der Waals surface area contributed by atoms with Gasteiger partial charge in [0.15, 0.2) is 0 Å². The smallest absolute Gasteiger partial charge is 0.136 e. The minimum Gasteiger partial charge on any atom is -0.456 e. The lowest BCUT2D eigenvalue weighted by atomic mass is 9.85. The Balaban J connectivity index is 1.58. The van der Waals surface area contributed by atoms with E-state index in [0.29, 0.717) is 0 Å². The fourth-order valence-corrected chi connectivity index (χ4v) is 6.63. The third-order valence-electron chi connectivity index (χ3n) is 7.33. The molecule has 2 heterocycles. The van der Waals surface area contributed by atoms with Crippen LogP contribution in [-0.2, 0) is 0 Å². The van der Waals surface area contributed by atoms with Crippen LogP contribution in [0.25, 0.3) is 75.8 Å². The molecule has 0 amide bonds. The van der Waals surface area contributed by atoms with Crippen molar-refractivity contribution in [3.8, 4) is 22.3 Å². The molecular weight excluding hydrogens is 456 g/mol. The lowest BCUT2D eigenvalue weighted by Gasteiger charge is -2.18. The number of hydrogen-bond acceptors (Lipinski definition) is 2. The van der Waals surface area contributed by atoms with E-state index in [4.69, 9.17) is 4.42 Å². The molecule has 1 nitrogen and oxygen atoms in total. The summed E-state index contributed by atoms with van der Waals surface area (Å²) >= 11 is 1.78. The maximum atomic E-state index is 6.41. The molecule has 0 spiro atoms. The van der Waals surface area contributed by atoms with Crippen molar-refractivity contribution in [3.63, 3.8) is 0 Å². The summed E-state index contributed by atoms with van der Waals surface area (Å²) in [5.41, 5.74) is 6.88. The van der Waals surface area contributed by atoms with Crippen LogP contribution in [0.5, 0.6) is 0 Å². The van der Waals surface area contributed by atoms with Crippen LogP contribution < -0.4 is 0 Å². The van der Waals surface area contributed by atoms with E-state index in [1.165, 1.54) is 64.7 Å². The normalized spacial score (nSPS) is 11.9. The summed E-state index contributed by atoms with van der Waals surface area (Å²) in [6.45, 7) is 0. The molecule has 0 atom stereocenters. The second-order valence-electron chi connectivity index (χ2n) is 9.29. The van der Waals surface area contributed by atoms with Crippen LogP contribution in [0.15, 0.2) is 125 Å². The lowest BCUT2D eigenvalue weighted by molar-refractivity contribution is 0.669. The van der Waals surface area contributed by atoms with E-state index in [9.17, 15) is 0 Å². The Bertz CT molecular complexity index is 2040. The summed E-state index contributed by atoms with van der Waals surface area (Å²) < 4.78 is 7.70. The SMILES string of the molecule is c1ccc(-c2c3ccccc3c(-c3cccc4oc5cc6ccsc6cc5c34)c3ccccc23)cc1. The van der Waals surface area contributed by atoms with Gasteiger partial charge in [0.2, 0.25) is 0 Å². The minimum atomic E-state index is 0.931. The molecule has 0 bridgehead atoms. The van der Waals surface area contributed by atoms with Crippen LogP contribution in [0.4, 0.5) is 0 Å². The molecule has 0 fully saturated rings. The van der Waals surface area contributed by atoms with E-state index in [1.54, 1.807) is 11.3 Å². The first-order valence-corrected chi connectivity index (χ1v) is 13.1. The van der Waals surface area contributed by atoms with E-state index in [-0.39, 0.29) is 0 Å². The largest absolute Gasteiger partial charge is 0.456 e. The van der Waals surface area contributed by atoms with E-state index in [0.717, 1.165) is 11.2 Å². The van der Waals surface area contributed by atoms with Gasteiger partial charge in [-0.25, -0.2) is 0 Å². The molecule has 0 aliphatic heterocycles. The van der Waals surface area contributed by atoms with E-state index in [1.807, 2.05) is 0 Å². The Morgan fingerprint density at radius 2 is 1.17 bits per heavy atom. The Labute approximate surface area is 211 Å². The predicted octanol–water partition coefficient (Wildman–Crippen LogP) is 10.4. The first kappa shape index (κ1) is 19.9. The molecule has 0 aliphatic carbocycles. The van der Waals surface area contributed by atoms with Crippen LogP contribution in [0, 0.1) is 0 Å². The van der Waals surface area contributed by atoms with E-state index >= 15 is 0 Å². The molecule has 2 heteroatoms. The van der Waals surface area contributed by atoms with Crippen molar-refractivity contribution in [1.82, 2.24) is 0 Å². The van der Waals surface area contributed by atoms with E-state index in [2.05, 4.69) is 121 Å². The summed E-state index contributed by atoms with van der Waals surface area (Å²) in [4.78, 5) is 0. The maximum absolute atomic E-state index is 6.41. The van der Waals surface area contributed by atoms with Gasteiger partial charge in [0, 0.05) is 15.5 Å². The van der Waals surface area contributed by atoms with Crippen LogP contribution in [0.1, 0.15) is 0 Å². The zero-order chi connectivity index (χ0) is 23.6. The summed E-state index contributed by atoms with van der Waals surface area (Å²) in [6.07, 6.45) is 0. The first-order chi connectivity index (χ1) is 17.9. The van der Waals surface area contributed by atoms with Gasteiger partial charge in [-0.2, -0.15) is 0 Å². The molecule has 0 unspecified atom stereocenters. The van der Waals surface area contributed by atoms with Crippen LogP contribution >= 0.6 is 11.3 Å². The topological polar surface area (TPSA) is 13.1 Å². The molecule has 36 heavy (non-hydrogen) atoms. The minimum absolute atomic E-state index is 0.931. The van der Waals surface area contributed by atoms with Crippen molar-refractivity contribution >= 4 is 64.9 Å². The second kappa shape index (κ2) is 7.55. The fraction of sp³-hybridized carbons (Fsp3) is 0. The molecular formula is C34H20OS. The monoisotopic (exact) mass is 476 g/mol. The quantitative estimate of drug-likeness (QED) is 0.226. The summed E-state index contributed by atoms with van der Waals surface area (Å²) in [5, 5.41) is 10.8. The van der Waals surface area contributed by atoms with Crippen LogP contribution in [-0.4, -0.2) is 0 Å². The van der Waals surface area contributed by atoms with Crippen LogP contribution in [0.2, 0.25) is 0 Å². The first-order valence-electron chi connectivity index (χ1n) is 12.2. The van der Waals surface area contributed by atoms with Crippen molar-refractivity contribution in [3.05, 3.63) is 121 Å². The molecule has 0 N–H and O–H groups in total. The summed E-state index contributed by atoms with van der Waals surface area (Å²) in [5.74, 6) is 0. The average Bonchev–Trinajstić information content (AvgIpc) is 3.54. The van der Waals surface area contributed by atoms with Crippen LogP contribution in [0.3, 0.4) is 0 Å². The van der Waals surface area contributed by atoms with Gasteiger partial charge < -0.3 is 4.42 Å². The van der Waals surface area contributed by atoms with E-state index < -0.39 is 0 Å². The predicted molar refractivity (Wildman–Crippen MR) is 155 cm³/mol. The number of thiophene rings is 1. The maximum Gasteiger partial charge on any atom is 0.136 e. The molecule has 8 aromatic rings. The van der Waals surface area contributed by atoms with Gasteiger partial charge in [-0.3, -0.25) is 0 Å². The Hall–Kier alpha value is -4.40. The molecule has 8 rings (SSSR count). The highest BCUT2D eigenvalue weighted by Gasteiger charge is 2.20. The van der Waals surface area contributed by atoms with Crippen molar-refractivity contribution in [2.24, 2.45) is 0 Å². The van der Waals surface area contributed by atoms with Gasteiger partial charge >= 0.3 is 0 Å². The van der Waals surface area contributed by atoms with Gasteiger partial charge in [-0.15, -0.1) is 11.3 Å². The Morgan fingerprint density at radius 3 is 1.89 bits per heavy atom.